The Labute approximate surface area is 154 Å². The second-order valence-corrected chi connectivity index (χ2v) is 6.26. The molecule has 2 rings (SSSR count). The van der Waals surface area contributed by atoms with Gasteiger partial charge < -0.3 is 20.1 Å². The fourth-order valence-electron chi connectivity index (χ4n) is 2.05. The zero-order valence-electron chi connectivity index (χ0n) is 14.1. The topological polar surface area (TPSA) is 76.7 Å². The summed E-state index contributed by atoms with van der Waals surface area (Å²) in [4.78, 5) is 24.1. The van der Waals surface area contributed by atoms with Gasteiger partial charge in [-0.3, -0.25) is 4.79 Å². The number of hydrogen-bond acceptors (Lipinski definition) is 4. The van der Waals surface area contributed by atoms with Gasteiger partial charge in [-0.15, -0.1) is 0 Å². The quantitative estimate of drug-likeness (QED) is 0.779. The van der Waals surface area contributed by atoms with Crippen LogP contribution in [0.3, 0.4) is 0 Å². The SMILES string of the molecule is COc1c(OC(=O)NC(C)C)ccc(NC(=O)c2ccccc2)c1Br. The van der Waals surface area contributed by atoms with Crippen LogP contribution in [0.5, 0.6) is 11.5 Å². The monoisotopic (exact) mass is 406 g/mol. The van der Waals surface area contributed by atoms with Gasteiger partial charge >= 0.3 is 6.09 Å². The van der Waals surface area contributed by atoms with Crippen molar-refractivity contribution in [1.29, 1.82) is 0 Å². The van der Waals surface area contributed by atoms with E-state index in [2.05, 4.69) is 26.6 Å². The van der Waals surface area contributed by atoms with Crippen molar-refractivity contribution in [3.63, 3.8) is 0 Å². The van der Waals surface area contributed by atoms with Crippen molar-refractivity contribution in [2.45, 2.75) is 19.9 Å². The van der Waals surface area contributed by atoms with E-state index in [4.69, 9.17) is 9.47 Å². The van der Waals surface area contributed by atoms with Crippen molar-refractivity contribution in [3.8, 4) is 11.5 Å². The van der Waals surface area contributed by atoms with Crippen LogP contribution in [-0.2, 0) is 0 Å². The number of carbonyl (C=O) groups excluding carboxylic acids is 2. The van der Waals surface area contributed by atoms with Crippen molar-refractivity contribution in [2.75, 3.05) is 12.4 Å². The van der Waals surface area contributed by atoms with Crippen molar-refractivity contribution in [3.05, 3.63) is 52.5 Å². The predicted molar refractivity (Wildman–Crippen MR) is 99.4 cm³/mol. The lowest BCUT2D eigenvalue weighted by atomic mass is 10.2. The molecule has 0 atom stereocenters. The summed E-state index contributed by atoms with van der Waals surface area (Å²) in [7, 11) is 1.45. The van der Waals surface area contributed by atoms with E-state index in [1.54, 1.807) is 36.4 Å². The van der Waals surface area contributed by atoms with Gasteiger partial charge in [0.2, 0.25) is 0 Å². The van der Waals surface area contributed by atoms with E-state index < -0.39 is 6.09 Å². The predicted octanol–water partition coefficient (Wildman–Crippen LogP) is 4.21. The fourth-order valence-corrected chi connectivity index (χ4v) is 2.64. The molecule has 0 saturated carbocycles. The maximum absolute atomic E-state index is 12.3. The van der Waals surface area contributed by atoms with Crippen LogP contribution in [0, 0.1) is 0 Å². The molecule has 0 spiro atoms. The Morgan fingerprint density at radius 3 is 2.36 bits per heavy atom. The standard InChI is InChI=1S/C18H19BrN2O4/c1-11(2)20-18(23)25-14-10-9-13(15(19)16(14)24-3)21-17(22)12-7-5-4-6-8-12/h4-11H,1-3H3,(H,20,23)(H,21,22). The van der Waals surface area contributed by atoms with Gasteiger partial charge in [0.1, 0.15) is 0 Å². The molecular weight excluding hydrogens is 388 g/mol. The van der Waals surface area contributed by atoms with Crippen LogP contribution in [0.2, 0.25) is 0 Å². The number of anilines is 1. The maximum atomic E-state index is 12.3. The second-order valence-electron chi connectivity index (χ2n) is 5.47. The van der Waals surface area contributed by atoms with Gasteiger partial charge in [-0.1, -0.05) is 18.2 Å². The number of halogens is 1. The van der Waals surface area contributed by atoms with Gasteiger partial charge in [-0.25, -0.2) is 4.79 Å². The highest BCUT2D eigenvalue weighted by atomic mass is 79.9. The summed E-state index contributed by atoms with van der Waals surface area (Å²) >= 11 is 3.38. The summed E-state index contributed by atoms with van der Waals surface area (Å²) in [5.41, 5.74) is 1.03. The minimum absolute atomic E-state index is 0.0497. The molecule has 0 fully saturated rings. The van der Waals surface area contributed by atoms with Crippen LogP contribution in [0.4, 0.5) is 10.5 Å². The first kappa shape index (κ1) is 18.8. The molecule has 2 aromatic carbocycles. The number of amides is 2. The van der Waals surface area contributed by atoms with Crippen LogP contribution >= 0.6 is 15.9 Å². The van der Waals surface area contributed by atoms with Crippen LogP contribution in [-0.4, -0.2) is 25.2 Å². The third-order valence-electron chi connectivity index (χ3n) is 3.16. The van der Waals surface area contributed by atoms with E-state index in [0.717, 1.165) is 0 Å². The third-order valence-corrected chi connectivity index (χ3v) is 3.95. The summed E-state index contributed by atoms with van der Waals surface area (Å²) in [6, 6.07) is 12.0. The lowest BCUT2D eigenvalue weighted by molar-refractivity contribution is 0.102. The molecule has 0 aromatic heterocycles. The van der Waals surface area contributed by atoms with E-state index in [9.17, 15) is 9.59 Å². The molecule has 0 unspecified atom stereocenters. The molecule has 0 aliphatic carbocycles. The molecule has 0 saturated heterocycles. The Morgan fingerprint density at radius 1 is 1.08 bits per heavy atom. The van der Waals surface area contributed by atoms with Crippen LogP contribution in [0.15, 0.2) is 46.9 Å². The highest BCUT2D eigenvalue weighted by Gasteiger charge is 2.18. The molecule has 2 N–H and O–H groups in total. The Balaban J connectivity index is 2.21. The third kappa shape index (κ3) is 4.96. The fraction of sp³-hybridized carbons (Fsp3) is 0.222. The Bertz CT molecular complexity index is 763. The molecule has 132 valence electrons. The molecule has 2 aromatic rings. The van der Waals surface area contributed by atoms with Gasteiger partial charge in [0, 0.05) is 11.6 Å². The van der Waals surface area contributed by atoms with Crippen LogP contribution < -0.4 is 20.1 Å². The van der Waals surface area contributed by atoms with Crippen molar-refractivity contribution in [2.24, 2.45) is 0 Å². The van der Waals surface area contributed by atoms with E-state index in [0.29, 0.717) is 21.5 Å². The van der Waals surface area contributed by atoms with Crippen molar-refractivity contribution < 1.29 is 19.1 Å². The molecule has 25 heavy (non-hydrogen) atoms. The highest BCUT2D eigenvalue weighted by Crippen LogP contribution is 2.40. The van der Waals surface area contributed by atoms with Gasteiger partial charge in [0.15, 0.2) is 11.5 Å². The van der Waals surface area contributed by atoms with Crippen molar-refractivity contribution in [1.82, 2.24) is 5.32 Å². The highest BCUT2D eigenvalue weighted by molar-refractivity contribution is 9.10. The summed E-state index contributed by atoms with van der Waals surface area (Å²) in [6.07, 6.45) is -0.582. The minimum Gasteiger partial charge on any atom is -0.492 e. The summed E-state index contributed by atoms with van der Waals surface area (Å²) in [5.74, 6) is 0.296. The normalized spacial score (nSPS) is 10.3. The number of rotatable bonds is 5. The lowest BCUT2D eigenvalue weighted by Crippen LogP contribution is -2.32. The molecule has 0 aliphatic rings. The van der Waals surface area contributed by atoms with E-state index in [-0.39, 0.29) is 17.7 Å². The van der Waals surface area contributed by atoms with Gasteiger partial charge in [-0.2, -0.15) is 0 Å². The maximum Gasteiger partial charge on any atom is 0.412 e. The number of carbonyl (C=O) groups is 2. The van der Waals surface area contributed by atoms with E-state index >= 15 is 0 Å². The smallest absolute Gasteiger partial charge is 0.412 e. The number of ether oxygens (including phenoxy) is 2. The molecule has 0 heterocycles. The molecule has 7 heteroatoms. The molecule has 0 aliphatic heterocycles. The van der Waals surface area contributed by atoms with Crippen molar-refractivity contribution >= 4 is 33.6 Å². The molecule has 2 amide bonds. The number of hydrogen-bond donors (Lipinski definition) is 2. The zero-order valence-corrected chi connectivity index (χ0v) is 15.7. The van der Waals surface area contributed by atoms with Crippen LogP contribution in [0.25, 0.3) is 0 Å². The Hall–Kier alpha value is -2.54. The first-order chi connectivity index (χ1) is 11.9. The molecular formula is C18H19BrN2O4. The number of methoxy groups -OCH3 is 1. The Kier molecular flexibility index (Phi) is 6.41. The Morgan fingerprint density at radius 2 is 1.76 bits per heavy atom. The number of nitrogens with one attached hydrogen (secondary N) is 2. The first-order valence-corrected chi connectivity index (χ1v) is 8.43. The summed E-state index contributed by atoms with van der Waals surface area (Å²) in [6.45, 7) is 3.66. The number of benzene rings is 2. The average Bonchev–Trinajstić information content (AvgIpc) is 2.57. The largest absolute Gasteiger partial charge is 0.492 e. The van der Waals surface area contributed by atoms with E-state index in [1.165, 1.54) is 7.11 Å². The first-order valence-electron chi connectivity index (χ1n) is 7.63. The van der Waals surface area contributed by atoms with E-state index in [1.807, 2.05) is 19.9 Å². The summed E-state index contributed by atoms with van der Waals surface area (Å²) < 4.78 is 11.0. The lowest BCUT2D eigenvalue weighted by Gasteiger charge is -2.15. The zero-order chi connectivity index (χ0) is 18.4. The minimum atomic E-state index is -0.582. The van der Waals surface area contributed by atoms with Gasteiger partial charge in [-0.05, 0) is 54.0 Å². The molecule has 0 radical (unpaired) electrons. The summed E-state index contributed by atoms with van der Waals surface area (Å²) in [5, 5.41) is 5.42. The van der Waals surface area contributed by atoms with Crippen LogP contribution in [0.1, 0.15) is 24.2 Å². The average molecular weight is 407 g/mol. The van der Waals surface area contributed by atoms with Gasteiger partial charge in [0.25, 0.3) is 5.91 Å². The van der Waals surface area contributed by atoms with Gasteiger partial charge in [0.05, 0.1) is 17.3 Å². The second kappa shape index (κ2) is 8.53. The molecule has 0 bridgehead atoms. The molecule has 6 nitrogen and oxygen atoms in total.